The maximum Gasteiger partial charge on any atom is 0.417 e. The number of rotatable bonds is 4. The summed E-state index contributed by atoms with van der Waals surface area (Å²) in [6.07, 6.45) is 0. The Balaban J connectivity index is 1.96. The number of amides is 1. The first kappa shape index (κ1) is 14.7. The highest BCUT2D eigenvalue weighted by Gasteiger charge is 2.13. The fourth-order valence-corrected chi connectivity index (χ4v) is 2.21. The second kappa shape index (κ2) is 5.88. The standard InChI is InChI=1S/C16H14N2O5/c1-21-10-6-9(7-11(8-10)22-2)15(19)17-12-4-3-5-13-14(12)18-16(20)23-13/h3-8H,1-2H3,(H,17,19)(H,18,20). The van der Waals surface area contributed by atoms with E-state index in [1.807, 2.05) is 0 Å². The molecule has 3 aromatic rings. The molecule has 118 valence electrons. The molecule has 1 heterocycles. The Kier molecular flexibility index (Phi) is 3.76. The summed E-state index contributed by atoms with van der Waals surface area (Å²) in [6.45, 7) is 0. The average Bonchev–Trinajstić information content (AvgIpc) is 2.95. The number of aromatic nitrogens is 1. The van der Waals surface area contributed by atoms with Gasteiger partial charge in [0.1, 0.15) is 17.0 Å². The molecule has 0 bridgehead atoms. The molecule has 0 atom stereocenters. The van der Waals surface area contributed by atoms with Gasteiger partial charge in [-0.2, -0.15) is 0 Å². The molecule has 3 rings (SSSR count). The highest BCUT2D eigenvalue weighted by molar-refractivity contribution is 6.08. The summed E-state index contributed by atoms with van der Waals surface area (Å²) in [5.41, 5.74) is 1.61. The van der Waals surface area contributed by atoms with Crippen LogP contribution in [0.25, 0.3) is 11.1 Å². The van der Waals surface area contributed by atoms with Gasteiger partial charge in [0.15, 0.2) is 5.58 Å². The number of aromatic amines is 1. The Bertz CT molecular complexity index is 903. The number of hydrogen-bond donors (Lipinski definition) is 2. The molecule has 2 N–H and O–H groups in total. The van der Waals surface area contributed by atoms with Crippen LogP contribution in [0.4, 0.5) is 5.69 Å². The number of ether oxygens (including phenoxy) is 2. The minimum atomic E-state index is -0.579. The number of nitrogens with one attached hydrogen (secondary N) is 2. The van der Waals surface area contributed by atoms with E-state index in [-0.39, 0.29) is 5.91 Å². The zero-order valence-electron chi connectivity index (χ0n) is 12.5. The van der Waals surface area contributed by atoms with E-state index < -0.39 is 5.76 Å². The predicted octanol–water partition coefficient (Wildman–Crippen LogP) is 2.39. The van der Waals surface area contributed by atoms with E-state index >= 15 is 0 Å². The molecular formula is C16H14N2O5. The lowest BCUT2D eigenvalue weighted by Crippen LogP contribution is -2.12. The van der Waals surface area contributed by atoms with Gasteiger partial charge in [-0.25, -0.2) is 4.79 Å². The first-order chi connectivity index (χ1) is 11.1. The van der Waals surface area contributed by atoms with Crippen LogP contribution in [0.2, 0.25) is 0 Å². The Morgan fingerprint density at radius 1 is 1.13 bits per heavy atom. The van der Waals surface area contributed by atoms with Crippen LogP contribution in [0.15, 0.2) is 45.6 Å². The second-order valence-electron chi connectivity index (χ2n) is 4.75. The quantitative estimate of drug-likeness (QED) is 0.771. The van der Waals surface area contributed by atoms with Crippen molar-refractivity contribution in [2.75, 3.05) is 19.5 Å². The molecule has 0 saturated heterocycles. The number of carbonyl (C=O) groups excluding carboxylic acids is 1. The molecule has 2 aromatic carbocycles. The summed E-state index contributed by atoms with van der Waals surface area (Å²) in [7, 11) is 3.01. The highest BCUT2D eigenvalue weighted by Crippen LogP contribution is 2.25. The smallest absolute Gasteiger partial charge is 0.417 e. The van der Waals surface area contributed by atoms with Crippen molar-refractivity contribution >= 4 is 22.7 Å². The molecule has 0 radical (unpaired) electrons. The summed E-state index contributed by atoms with van der Waals surface area (Å²) < 4.78 is 15.3. The van der Waals surface area contributed by atoms with Gasteiger partial charge in [-0.15, -0.1) is 0 Å². The van der Waals surface area contributed by atoms with E-state index in [0.717, 1.165) is 0 Å². The molecule has 0 unspecified atom stereocenters. The number of H-pyrrole nitrogens is 1. The number of hydrogen-bond acceptors (Lipinski definition) is 5. The molecule has 1 aromatic heterocycles. The van der Waals surface area contributed by atoms with Gasteiger partial charge in [-0.1, -0.05) is 6.07 Å². The molecule has 0 aliphatic heterocycles. The lowest BCUT2D eigenvalue weighted by Gasteiger charge is -2.09. The van der Waals surface area contributed by atoms with Gasteiger partial charge in [0.25, 0.3) is 5.91 Å². The van der Waals surface area contributed by atoms with Crippen molar-refractivity contribution in [2.45, 2.75) is 0 Å². The number of carbonyl (C=O) groups is 1. The van der Waals surface area contributed by atoms with Crippen LogP contribution in [0.1, 0.15) is 10.4 Å². The maximum atomic E-state index is 12.5. The molecule has 7 nitrogen and oxygen atoms in total. The van der Waals surface area contributed by atoms with E-state index in [9.17, 15) is 9.59 Å². The van der Waals surface area contributed by atoms with Crippen molar-refractivity contribution in [1.29, 1.82) is 0 Å². The Morgan fingerprint density at radius 2 is 1.83 bits per heavy atom. The number of oxazole rings is 1. The lowest BCUT2D eigenvalue weighted by molar-refractivity contribution is 0.102. The van der Waals surface area contributed by atoms with Crippen molar-refractivity contribution in [3.63, 3.8) is 0 Å². The molecule has 1 amide bonds. The van der Waals surface area contributed by atoms with Crippen LogP contribution in [0, 0.1) is 0 Å². The van der Waals surface area contributed by atoms with Gasteiger partial charge in [0, 0.05) is 11.6 Å². The van der Waals surface area contributed by atoms with Crippen molar-refractivity contribution in [3.8, 4) is 11.5 Å². The Hall–Kier alpha value is -3.22. The molecular weight excluding hydrogens is 300 g/mol. The fraction of sp³-hybridized carbons (Fsp3) is 0.125. The molecule has 7 heteroatoms. The van der Waals surface area contributed by atoms with Crippen molar-refractivity contribution in [1.82, 2.24) is 4.98 Å². The topological polar surface area (TPSA) is 93.6 Å². The molecule has 0 aliphatic rings. The van der Waals surface area contributed by atoms with Gasteiger partial charge >= 0.3 is 5.76 Å². The number of fused-ring (bicyclic) bond motifs is 1. The van der Waals surface area contributed by atoms with Gasteiger partial charge in [-0.3, -0.25) is 9.78 Å². The highest BCUT2D eigenvalue weighted by atomic mass is 16.5. The third-order valence-corrected chi connectivity index (χ3v) is 3.32. The minimum absolute atomic E-state index is 0.364. The molecule has 0 saturated carbocycles. The number of para-hydroxylation sites is 1. The minimum Gasteiger partial charge on any atom is -0.497 e. The van der Waals surface area contributed by atoms with Crippen molar-refractivity contribution in [3.05, 3.63) is 52.5 Å². The molecule has 0 aliphatic carbocycles. The van der Waals surface area contributed by atoms with Crippen LogP contribution >= 0.6 is 0 Å². The SMILES string of the molecule is COc1cc(OC)cc(C(=O)Nc2cccc3oc(=O)[nH]c23)c1. The first-order valence-electron chi connectivity index (χ1n) is 6.77. The van der Waals surface area contributed by atoms with E-state index in [2.05, 4.69) is 10.3 Å². The third-order valence-electron chi connectivity index (χ3n) is 3.32. The van der Waals surface area contributed by atoms with Gasteiger partial charge in [0.2, 0.25) is 0 Å². The maximum absolute atomic E-state index is 12.5. The van der Waals surface area contributed by atoms with E-state index in [1.54, 1.807) is 36.4 Å². The van der Waals surface area contributed by atoms with Gasteiger partial charge in [0.05, 0.1) is 19.9 Å². The monoisotopic (exact) mass is 314 g/mol. The summed E-state index contributed by atoms with van der Waals surface area (Å²) in [6, 6.07) is 9.85. The Labute approximate surface area is 130 Å². The number of benzene rings is 2. The first-order valence-corrected chi connectivity index (χ1v) is 6.77. The summed E-state index contributed by atoms with van der Waals surface area (Å²) in [4.78, 5) is 26.3. The molecule has 0 spiro atoms. The van der Waals surface area contributed by atoms with E-state index in [1.165, 1.54) is 14.2 Å². The van der Waals surface area contributed by atoms with Gasteiger partial charge < -0.3 is 19.2 Å². The molecule has 0 fully saturated rings. The zero-order chi connectivity index (χ0) is 16.4. The van der Waals surface area contributed by atoms with Gasteiger partial charge in [-0.05, 0) is 24.3 Å². The van der Waals surface area contributed by atoms with E-state index in [4.69, 9.17) is 13.9 Å². The second-order valence-corrected chi connectivity index (χ2v) is 4.75. The van der Waals surface area contributed by atoms with Crippen LogP contribution in [0.3, 0.4) is 0 Å². The average molecular weight is 314 g/mol. The van der Waals surface area contributed by atoms with Crippen LogP contribution in [0.5, 0.6) is 11.5 Å². The molecule has 23 heavy (non-hydrogen) atoms. The van der Waals surface area contributed by atoms with Crippen LogP contribution < -0.4 is 20.5 Å². The third kappa shape index (κ3) is 2.89. The lowest BCUT2D eigenvalue weighted by atomic mass is 10.1. The fourth-order valence-electron chi connectivity index (χ4n) is 2.21. The zero-order valence-corrected chi connectivity index (χ0v) is 12.5. The van der Waals surface area contributed by atoms with Crippen LogP contribution in [-0.4, -0.2) is 25.1 Å². The van der Waals surface area contributed by atoms with E-state index in [0.29, 0.717) is 33.8 Å². The largest absolute Gasteiger partial charge is 0.497 e. The van der Waals surface area contributed by atoms with Crippen molar-refractivity contribution < 1.29 is 18.7 Å². The predicted molar refractivity (Wildman–Crippen MR) is 84.3 cm³/mol. The Morgan fingerprint density at radius 3 is 2.48 bits per heavy atom. The van der Waals surface area contributed by atoms with Crippen molar-refractivity contribution in [2.24, 2.45) is 0 Å². The summed E-state index contributed by atoms with van der Waals surface area (Å²) in [5.74, 6) is 0.0651. The number of anilines is 1. The normalized spacial score (nSPS) is 10.5. The number of methoxy groups -OCH3 is 2. The summed E-state index contributed by atoms with van der Waals surface area (Å²) in [5, 5.41) is 2.74. The van der Waals surface area contributed by atoms with Crippen LogP contribution in [-0.2, 0) is 0 Å². The summed E-state index contributed by atoms with van der Waals surface area (Å²) >= 11 is 0.